The van der Waals surface area contributed by atoms with Crippen LogP contribution < -0.4 is 5.32 Å². The van der Waals surface area contributed by atoms with Crippen LogP contribution in [-0.2, 0) is 10.0 Å². The number of rotatable bonds is 7. The van der Waals surface area contributed by atoms with Crippen LogP contribution in [0, 0.1) is 17.5 Å². The number of carbonyl (C=O) groups excluding carboxylic acids is 1. The van der Waals surface area contributed by atoms with Crippen molar-refractivity contribution >= 4 is 15.9 Å². The van der Waals surface area contributed by atoms with Crippen LogP contribution in [0.15, 0.2) is 41.3 Å². The maximum Gasteiger partial charge on any atom is 0.251 e. The smallest absolute Gasteiger partial charge is 0.251 e. The molecule has 0 radical (unpaired) electrons. The van der Waals surface area contributed by atoms with E-state index < -0.39 is 44.3 Å². The summed E-state index contributed by atoms with van der Waals surface area (Å²) < 4.78 is 66.8. The SMILES string of the molecule is CCN(CC)S(=O)(=O)c1cc(C(=O)NC(C)c2ccc(F)c(F)c2)ccc1F. The summed E-state index contributed by atoms with van der Waals surface area (Å²) in [5.74, 6) is -3.69. The zero-order valence-electron chi connectivity index (χ0n) is 15.7. The maximum atomic E-state index is 14.2. The molecule has 0 fully saturated rings. The van der Waals surface area contributed by atoms with Gasteiger partial charge in [-0.3, -0.25) is 4.79 Å². The molecule has 0 bridgehead atoms. The van der Waals surface area contributed by atoms with Gasteiger partial charge in [0, 0.05) is 18.7 Å². The monoisotopic (exact) mass is 414 g/mol. The van der Waals surface area contributed by atoms with Crippen molar-refractivity contribution in [3.63, 3.8) is 0 Å². The second-order valence-corrected chi connectivity index (χ2v) is 8.01. The molecule has 28 heavy (non-hydrogen) atoms. The summed E-state index contributed by atoms with van der Waals surface area (Å²) in [6, 6.07) is 5.58. The Morgan fingerprint density at radius 3 is 2.18 bits per heavy atom. The molecule has 0 heterocycles. The van der Waals surface area contributed by atoms with E-state index in [1.807, 2.05) is 0 Å². The third-order valence-electron chi connectivity index (χ3n) is 4.31. The number of benzene rings is 2. The summed E-state index contributed by atoms with van der Waals surface area (Å²) in [4.78, 5) is 11.9. The summed E-state index contributed by atoms with van der Waals surface area (Å²) in [5, 5.41) is 2.56. The van der Waals surface area contributed by atoms with Gasteiger partial charge in [-0.2, -0.15) is 4.31 Å². The molecule has 0 aliphatic rings. The Balaban J connectivity index is 2.30. The van der Waals surface area contributed by atoms with Gasteiger partial charge in [-0.1, -0.05) is 19.9 Å². The van der Waals surface area contributed by atoms with E-state index in [0.717, 1.165) is 34.6 Å². The molecule has 2 aromatic carbocycles. The van der Waals surface area contributed by atoms with E-state index in [4.69, 9.17) is 0 Å². The Bertz CT molecular complexity index is 976. The first kappa shape index (κ1) is 21.9. The summed E-state index contributed by atoms with van der Waals surface area (Å²) in [5.41, 5.74) is 0.256. The highest BCUT2D eigenvalue weighted by atomic mass is 32.2. The van der Waals surface area contributed by atoms with Gasteiger partial charge in [0.2, 0.25) is 10.0 Å². The van der Waals surface area contributed by atoms with Gasteiger partial charge in [0.1, 0.15) is 10.7 Å². The standard InChI is InChI=1S/C19H21F3N2O3S/c1-4-24(5-2)28(26,27)18-11-14(7-9-16(18)21)19(25)23-12(3)13-6-8-15(20)17(22)10-13/h6-12H,4-5H2,1-3H3,(H,23,25). The average molecular weight is 414 g/mol. The Morgan fingerprint density at radius 2 is 1.61 bits per heavy atom. The number of amides is 1. The van der Waals surface area contributed by atoms with Gasteiger partial charge in [-0.05, 0) is 42.8 Å². The maximum absolute atomic E-state index is 14.2. The highest BCUT2D eigenvalue weighted by Crippen LogP contribution is 2.22. The van der Waals surface area contributed by atoms with E-state index in [9.17, 15) is 26.4 Å². The molecule has 2 rings (SSSR count). The minimum absolute atomic E-state index is 0.0680. The molecule has 0 aliphatic heterocycles. The molecule has 5 nitrogen and oxygen atoms in total. The summed E-state index contributed by atoms with van der Waals surface area (Å²) in [6.45, 7) is 5.11. The zero-order chi connectivity index (χ0) is 21.1. The summed E-state index contributed by atoms with van der Waals surface area (Å²) >= 11 is 0. The van der Waals surface area contributed by atoms with E-state index in [-0.39, 0.29) is 18.7 Å². The van der Waals surface area contributed by atoms with Crippen molar-refractivity contribution in [2.75, 3.05) is 13.1 Å². The largest absolute Gasteiger partial charge is 0.346 e. The summed E-state index contributed by atoms with van der Waals surface area (Å²) in [7, 11) is -4.09. The minimum atomic E-state index is -4.09. The van der Waals surface area contributed by atoms with Crippen LogP contribution in [0.1, 0.15) is 42.7 Å². The fourth-order valence-electron chi connectivity index (χ4n) is 2.69. The number of halogens is 3. The van der Waals surface area contributed by atoms with E-state index in [0.29, 0.717) is 5.56 Å². The van der Waals surface area contributed by atoms with Crippen LogP contribution in [0.2, 0.25) is 0 Å². The Labute approximate surface area is 162 Å². The molecule has 0 saturated heterocycles. The first-order valence-electron chi connectivity index (χ1n) is 8.67. The molecule has 1 amide bonds. The molecular formula is C19H21F3N2O3S. The molecular weight excluding hydrogens is 393 g/mol. The fourth-order valence-corrected chi connectivity index (χ4v) is 4.24. The molecule has 2 aromatic rings. The zero-order valence-corrected chi connectivity index (χ0v) is 16.5. The Hall–Kier alpha value is -2.39. The molecule has 0 saturated carbocycles. The molecule has 0 spiro atoms. The molecule has 152 valence electrons. The number of sulfonamides is 1. The molecule has 9 heteroatoms. The molecule has 0 aromatic heterocycles. The lowest BCUT2D eigenvalue weighted by Gasteiger charge is -2.19. The van der Waals surface area contributed by atoms with E-state index in [1.165, 1.54) is 6.07 Å². The van der Waals surface area contributed by atoms with Gasteiger partial charge in [-0.15, -0.1) is 0 Å². The van der Waals surface area contributed by atoms with Crippen molar-refractivity contribution in [1.29, 1.82) is 0 Å². The molecule has 0 aliphatic carbocycles. The second-order valence-electron chi connectivity index (χ2n) is 6.10. The quantitative estimate of drug-likeness (QED) is 0.753. The first-order chi connectivity index (χ1) is 13.1. The van der Waals surface area contributed by atoms with Gasteiger partial charge in [0.25, 0.3) is 5.91 Å². The molecule has 1 N–H and O–H groups in total. The second kappa shape index (κ2) is 8.74. The topological polar surface area (TPSA) is 66.5 Å². The van der Waals surface area contributed by atoms with Gasteiger partial charge in [0.05, 0.1) is 6.04 Å². The lowest BCUT2D eigenvalue weighted by atomic mass is 10.1. The number of hydrogen-bond acceptors (Lipinski definition) is 3. The van der Waals surface area contributed by atoms with Gasteiger partial charge in [-0.25, -0.2) is 21.6 Å². The van der Waals surface area contributed by atoms with Crippen LogP contribution in [0.5, 0.6) is 0 Å². The predicted octanol–water partition coefficient (Wildman–Crippen LogP) is 3.63. The predicted molar refractivity (Wildman–Crippen MR) is 98.7 cm³/mol. The van der Waals surface area contributed by atoms with Gasteiger partial charge in [0.15, 0.2) is 11.6 Å². The van der Waals surface area contributed by atoms with Crippen LogP contribution in [0.25, 0.3) is 0 Å². The van der Waals surface area contributed by atoms with Crippen LogP contribution >= 0.6 is 0 Å². The van der Waals surface area contributed by atoms with Crippen LogP contribution in [0.3, 0.4) is 0 Å². The van der Waals surface area contributed by atoms with Gasteiger partial charge < -0.3 is 5.32 Å². The average Bonchev–Trinajstić information content (AvgIpc) is 2.64. The van der Waals surface area contributed by atoms with Crippen LogP contribution in [-0.4, -0.2) is 31.7 Å². The highest BCUT2D eigenvalue weighted by Gasteiger charge is 2.26. The number of carbonyl (C=O) groups is 1. The van der Waals surface area contributed by atoms with Crippen molar-refractivity contribution in [3.8, 4) is 0 Å². The number of nitrogens with one attached hydrogen (secondary N) is 1. The highest BCUT2D eigenvalue weighted by molar-refractivity contribution is 7.89. The van der Waals surface area contributed by atoms with Gasteiger partial charge >= 0.3 is 0 Å². The Kier molecular flexibility index (Phi) is 6.84. The van der Waals surface area contributed by atoms with Crippen LogP contribution in [0.4, 0.5) is 13.2 Å². The molecule has 1 unspecified atom stereocenters. The fraction of sp³-hybridized carbons (Fsp3) is 0.316. The van der Waals surface area contributed by atoms with Crippen molar-refractivity contribution in [2.45, 2.75) is 31.7 Å². The van der Waals surface area contributed by atoms with Crippen molar-refractivity contribution < 1.29 is 26.4 Å². The van der Waals surface area contributed by atoms with E-state index in [2.05, 4.69) is 5.32 Å². The third kappa shape index (κ3) is 4.53. The Morgan fingerprint density at radius 1 is 1.00 bits per heavy atom. The summed E-state index contributed by atoms with van der Waals surface area (Å²) in [6.07, 6.45) is 0. The van der Waals surface area contributed by atoms with E-state index in [1.54, 1.807) is 20.8 Å². The van der Waals surface area contributed by atoms with Crippen molar-refractivity contribution in [3.05, 3.63) is 65.0 Å². The van der Waals surface area contributed by atoms with Crippen molar-refractivity contribution in [2.24, 2.45) is 0 Å². The number of hydrogen-bond donors (Lipinski definition) is 1. The first-order valence-corrected chi connectivity index (χ1v) is 10.1. The minimum Gasteiger partial charge on any atom is -0.346 e. The lowest BCUT2D eigenvalue weighted by Crippen LogP contribution is -2.32. The van der Waals surface area contributed by atoms with Crippen molar-refractivity contribution in [1.82, 2.24) is 9.62 Å². The third-order valence-corrected chi connectivity index (χ3v) is 6.37. The number of nitrogens with zero attached hydrogens (tertiary/aromatic N) is 1. The van der Waals surface area contributed by atoms with E-state index >= 15 is 0 Å². The normalized spacial score (nSPS) is 12.8. The lowest BCUT2D eigenvalue weighted by molar-refractivity contribution is 0.0939. The molecule has 1 atom stereocenters.